The molecule has 0 aliphatic heterocycles. The molecule has 0 atom stereocenters. The number of nitrogens with two attached hydrogens (primary N) is 1. The number of hydrogen-bond acceptors (Lipinski definition) is 4. The number of nitrogens with zero attached hydrogens (tertiary/aromatic N) is 1. The van der Waals surface area contributed by atoms with Crippen molar-refractivity contribution in [3.8, 4) is 0 Å². The zero-order valence-corrected chi connectivity index (χ0v) is 10.0. The van der Waals surface area contributed by atoms with Crippen molar-refractivity contribution >= 4 is 33.4 Å². The van der Waals surface area contributed by atoms with Gasteiger partial charge in [0.2, 0.25) is 0 Å². The molecule has 0 radical (unpaired) electrons. The predicted octanol–water partition coefficient (Wildman–Crippen LogP) is 2.56. The lowest BCUT2D eigenvalue weighted by Gasteiger charge is -2.05. The molecule has 0 amide bonds. The minimum Gasteiger partial charge on any atom is -0.477 e. The van der Waals surface area contributed by atoms with E-state index in [9.17, 15) is 4.79 Å². The van der Waals surface area contributed by atoms with E-state index in [0.717, 1.165) is 28.8 Å². The van der Waals surface area contributed by atoms with E-state index in [0.29, 0.717) is 11.6 Å². The van der Waals surface area contributed by atoms with Crippen LogP contribution in [0, 0.1) is 0 Å². The number of aromatic amines is 1. The molecular weight excluding hydrogens is 238 g/mol. The molecule has 17 heavy (non-hydrogen) atoms. The highest BCUT2D eigenvalue weighted by atomic mass is 32.1. The average Bonchev–Trinajstić information content (AvgIpc) is 2.95. The lowest BCUT2D eigenvalue weighted by atomic mass is 10.0. The van der Waals surface area contributed by atoms with Gasteiger partial charge in [-0.2, -0.15) is 4.37 Å². The van der Waals surface area contributed by atoms with Gasteiger partial charge in [0.25, 0.3) is 0 Å². The molecule has 0 aromatic carbocycles. The van der Waals surface area contributed by atoms with E-state index in [1.165, 1.54) is 24.4 Å². The quantitative estimate of drug-likeness (QED) is 0.764. The SMILES string of the molecule is Nc1c(C(=O)O)[nH]c2snc(C3CCCC3)c12. The molecule has 0 saturated heterocycles. The number of nitrogen functional groups attached to an aromatic ring is 1. The van der Waals surface area contributed by atoms with Gasteiger partial charge in [-0.25, -0.2) is 4.79 Å². The highest BCUT2D eigenvalue weighted by molar-refractivity contribution is 7.13. The Bertz CT molecular complexity index is 581. The zero-order valence-electron chi connectivity index (χ0n) is 9.19. The first kappa shape index (κ1) is 10.6. The first-order valence-corrected chi connectivity index (χ1v) is 6.46. The summed E-state index contributed by atoms with van der Waals surface area (Å²) in [6, 6.07) is 0. The third-order valence-corrected chi connectivity index (χ3v) is 4.23. The molecule has 90 valence electrons. The van der Waals surface area contributed by atoms with Crippen molar-refractivity contribution in [2.45, 2.75) is 31.6 Å². The minimum atomic E-state index is -1.01. The van der Waals surface area contributed by atoms with Crippen LogP contribution in [0.15, 0.2) is 0 Å². The van der Waals surface area contributed by atoms with Gasteiger partial charge < -0.3 is 15.8 Å². The second-order valence-electron chi connectivity index (χ2n) is 4.47. The van der Waals surface area contributed by atoms with Crippen LogP contribution >= 0.6 is 11.5 Å². The lowest BCUT2D eigenvalue weighted by molar-refractivity contribution is 0.0693. The fourth-order valence-electron chi connectivity index (χ4n) is 2.60. The van der Waals surface area contributed by atoms with Gasteiger partial charge in [-0.1, -0.05) is 12.8 Å². The zero-order chi connectivity index (χ0) is 12.0. The third kappa shape index (κ3) is 1.51. The summed E-state index contributed by atoms with van der Waals surface area (Å²) in [6.07, 6.45) is 4.71. The maximum atomic E-state index is 11.0. The van der Waals surface area contributed by atoms with Gasteiger partial charge in [-0.3, -0.25) is 0 Å². The van der Waals surface area contributed by atoms with Crippen molar-refractivity contribution in [2.24, 2.45) is 0 Å². The Morgan fingerprint density at radius 3 is 2.82 bits per heavy atom. The van der Waals surface area contributed by atoms with Crippen LogP contribution in [0.2, 0.25) is 0 Å². The molecule has 6 heteroatoms. The first-order valence-electron chi connectivity index (χ1n) is 5.68. The van der Waals surface area contributed by atoms with Gasteiger partial charge in [0.05, 0.1) is 16.8 Å². The van der Waals surface area contributed by atoms with E-state index >= 15 is 0 Å². The summed E-state index contributed by atoms with van der Waals surface area (Å²) in [7, 11) is 0. The molecule has 0 spiro atoms. The highest BCUT2D eigenvalue weighted by Gasteiger charge is 2.26. The molecule has 0 bridgehead atoms. The number of anilines is 1. The van der Waals surface area contributed by atoms with Gasteiger partial charge in [0.15, 0.2) is 0 Å². The Morgan fingerprint density at radius 2 is 2.18 bits per heavy atom. The van der Waals surface area contributed by atoms with Crippen LogP contribution in [0.3, 0.4) is 0 Å². The van der Waals surface area contributed by atoms with Crippen molar-refractivity contribution in [1.82, 2.24) is 9.36 Å². The number of carbonyl (C=O) groups is 1. The summed E-state index contributed by atoms with van der Waals surface area (Å²) >= 11 is 1.30. The summed E-state index contributed by atoms with van der Waals surface area (Å²) < 4.78 is 4.44. The van der Waals surface area contributed by atoms with E-state index < -0.39 is 5.97 Å². The molecule has 4 N–H and O–H groups in total. The van der Waals surface area contributed by atoms with Crippen molar-refractivity contribution in [3.05, 3.63) is 11.4 Å². The summed E-state index contributed by atoms with van der Waals surface area (Å²) in [5.74, 6) is -0.563. The maximum Gasteiger partial charge on any atom is 0.354 e. The van der Waals surface area contributed by atoms with Crippen molar-refractivity contribution < 1.29 is 9.90 Å². The van der Waals surface area contributed by atoms with Crippen molar-refractivity contribution in [3.63, 3.8) is 0 Å². The Kier molecular flexibility index (Phi) is 2.32. The molecule has 1 aliphatic rings. The van der Waals surface area contributed by atoms with Gasteiger partial charge in [-0.05, 0) is 24.4 Å². The fraction of sp³-hybridized carbons (Fsp3) is 0.455. The van der Waals surface area contributed by atoms with Crippen molar-refractivity contribution in [2.75, 3.05) is 5.73 Å². The Hall–Kier alpha value is -1.56. The van der Waals surface area contributed by atoms with Gasteiger partial charge in [0.1, 0.15) is 10.5 Å². The summed E-state index contributed by atoms with van der Waals surface area (Å²) in [5.41, 5.74) is 7.32. The second kappa shape index (κ2) is 3.73. The van der Waals surface area contributed by atoms with Gasteiger partial charge in [-0.15, -0.1) is 0 Å². The number of hydrogen-bond donors (Lipinski definition) is 3. The summed E-state index contributed by atoms with van der Waals surface area (Å²) in [5, 5.41) is 9.85. The topological polar surface area (TPSA) is 92.0 Å². The first-order chi connectivity index (χ1) is 8.18. The largest absolute Gasteiger partial charge is 0.477 e. The smallest absolute Gasteiger partial charge is 0.354 e. The van der Waals surface area contributed by atoms with Crippen LogP contribution in [-0.4, -0.2) is 20.4 Å². The van der Waals surface area contributed by atoms with Gasteiger partial charge in [0, 0.05) is 5.92 Å². The van der Waals surface area contributed by atoms with Crippen LogP contribution in [-0.2, 0) is 0 Å². The van der Waals surface area contributed by atoms with Crippen LogP contribution in [0.25, 0.3) is 10.2 Å². The number of carboxylic acid groups (broad SMARTS) is 1. The Labute approximate surface area is 102 Å². The normalized spacial score (nSPS) is 16.9. The van der Waals surface area contributed by atoms with E-state index in [-0.39, 0.29) is 5.69 Å². The second-order valence-corrected chi connectivity index (χ2v) is 5.25. The number of H-pyrrole nitrogens is 1. The minimum absolute atomic E-state index is 0.0906. The molecule has 5 nitrogen and oxygen atoms in total. The molecule has 1 aliphatic carbocycles. The molecule has 2 aromatic heterocycles. The molecule has 2 aromatic rings. The number of aromatic nitrogens is 2. The van der Waals surface area contributed by atoms with Gasteiger partial charge >= 0.3 is 5.97 Å². The van der Waals surface area contributed by atoms with Crippen LogP contribution < -0.4 is 5.73 Å². The van der Waals surface area contributed by atoms with Crippen LogP contribution in [0.4, 0.5) is 5.69 Å². The Morgan fingerprint density at radius 1 is 1.47 bits per heavy atom. The van der Waals surface area contributed by atoms with Crippen molar-refractivity contribution in [1.29, 1.82) is 0 Å². The molecule has 0 unspecified atom stereocenters. The standard InChI is InChI=1S/C11H13N3O2S/c12-7-6-8(5-3-1-2-4-5)14-17-10(6)13-9(7)11(15)16/h5,13H,1-4,12H2,(H,15,16). The van der Waals surface area contributed by atoms with E-state index in [2.05, 4.69) is 9.36 Å². The molecule has 1 saturated carbocycles. The van der Waals surface area contributed by atoms with E-state index in [4.69, 9.17) is 10.8 Å². The highest BCUT2D eigenvalue weighted by Crippen LogP contribution is 2.41. The van der Waals surface area contributed by atoms with Crippen LogP contribution in [0.5, 0.6) is 0 Å². The van der Waals surface area contributed by atoms with Crippen LogP contribution in [0.1, 0.15) is 47.8 Å². The number of fused-ring (bicyclic) bond motifs is 1. The monoisotopic (exact) mass is 251 g/mol. The van der Waals surface area contributed by atoms with E-state index in [1.807, 2.05) is 0 Å². The number of aromatic carboxylic acids is 1. The lowest BCUT2D eigenvalue weighted by Crippen LogP contribution is -2.02. The fourth-order valence-corrected chi connectivity index (χ4v) is 3.48. The Balaban J connectivity index is 2.16. The molecule has 1 fully saturated rings. The predicted molar refractivity (Wildman–Crippen MR) is 66.6 cm³/mol. The number of rotatable bonds is 2. The number of nitrogens with one attached hydrogen (secondary N) is 1. The molecule has 2 heterocycles. The maximum absolute atomic E-state index is 11.0. The summed E-state index contributed by atoms with van der Waals surface area (Å²) in [6.45, 7) is 0. The average molecular weight is 251 g/mol. The van der Waals surface area contributed by atoms with E-state index in [1.54, 1.807) is 0 Å². The molecule has 3 rings (SSSR count). The summed E-state index contributed by atoms with van der Waals surface area (Å²) in [4.78, 5) is 14.6. The third-order valence-electron chi connectivity index (χ3n) is 3.45. The number of carboxylic acids is 1. The molecular formula is C11H13N3O2S.